The minimum atomic E-state index is 0.0917. The third kappa shape index (κ3) is 6.30. The normalized spacial score (nSPS) is 22.4. The number of fused-ring (bicyclic) bond motifs is 4. The van der Waals surface area contributed by atoms with Crippen LogP contribution in [0.25, 0.3) is 0 Å². The van der Waals surface area contributed by atoms with Crippen LogP contribution >= 0.6 is 0 Å². The van der Waals surface area contributed by atoms with Gasteiger partial charge < -0.3 is 19.1 Å². The fourth-order valence-corrected chi connectivity index (χ4v) is 5.16. The van der Waals surface area contributed by atoms with E-state index in [1.165, 1.54) is 5.56 Å². The molecule has 4 rings (SSSR count). The zero-order valence-electron chi connectivity index (χ0n) is 20.6. The first-order chi connectivity index (χ1) is 16.7. The van der Waals surface area contributed by atoms with E-state index in [4.69, 9.17) is 14.2 Å². The van der Waals surface area contributed by atoms with Crippen LogP contribution in [0.2, 0.25) is 0 Å². The summed E-state index contributed by atoms with van der Waals surface area (Å²) in [6.07, 6.45) is 4.41. The van der Waals surface area contributed by atoms with Gasteiger partial charge in [-0.15, -0.1) is 0 Å². The SMILES string of the molecule is CCOc1ccccc1CN1CCCC[C@@H]2CN(CC[C@@H]2OC)C(=O)c2cccc(c2)OCC1. The summed E-state index contributed by atoms with van der Waals surface area (Å²) in [5, 5.41) is 0. The molecular formula is C28H38N2O4. The monoisotopic (exact) mass is 466 g/mol. The third-order valence-corrected chi connectivity index (χ3v) is 6.98. The van der Waals surface area contributed by atoms with Crippen LogP contribution in [-0.4, -0.2) is 68.3 Å². The van der Waals surface area contributed by atoms with Crippen LogP contribution in [0.3, 0.4) is 0 Å². The van der Waals surface area contributed by atoms with Gasteiger partial charge >= 0.3 is 0 Å². The van der Waals surface area contributed by atoms with E-state index in [0.29, 0.717) is 24.7 Å². The minimum Gasteiger partial charge on any atom is -0.494 e. The third-order valence-electron chi connectivity index (χ3n) is 6.98. The van der Waals surface area contributed by atoms with Crippen molar-refractivity contribution >= 4 is 5.91 Å². The van der Waals surface area contributed by atoms with Crippen molar-refractivity contribution in [2.45, 2.75) is 45.3 Å². The molecule has 2 heterocycles. The summed E-state index contributed by atoms with van der Waals surface area (Å²) in [5.74, 6) is 2.17. The van der Waals surface area contributed by atoms with Crippen LogP contribution < -0.4 is 9.47 Å². The predicted molar refractivity (Wildman–Crippen MR) is 133 cm³/mol. The zero-order chi connectivity index (χ0) is 23.8. The van der Waals surface area contributed by atoms with Crippen LogP contribution in [0.15, 0.2) is 48.5 Å². The smallest absolute Gasteiger partial charge is 0.254 e. The number of ether oxygens (including phenoxy) is 3. The van der Waals surface area contributed by atoms with E-state index in [2.05, 4.69) is 17.0 Å². The van der Waals surface area contributed by atoms with Gasteiger partial charge in [-0.3, -0.25) is 9.69 Å². The molecule has 1 fully saturated rings. The Hall–Kier alpha value is -2.57. The number of hydrogen-bond acceptors (Lipinski definition) is 5. The van der Waals surface area contributed by atoms with Crippen molar-refractivity contribution in [2.24, 2.45) is 5.92 Å². The molecule has 184 valence electrons. The Labute approximate surface area is 203 Å². The summed E-state index contributed by atoms with van der Waals surface area (Å²) >= 11 is 0. The zero-order valence-corrected chi connectivity index (χ0v) is 20.6. The van der Waals surface area contributed by atoms with Crippen molar-refractivity contribution in [3.05, 3.63) is 59.7 Å². The van der Waals surface area contributed by atoms with Gasteiger partial charge in [0.15, 0.2) is 0 Å². The van der Waals surface area contributed by atoms with Gasteiger partial charge in [-0.05, 0) is 57.0 Å². The van der Waals surface area contributed by atoms with Gasteiger partial charge in [-0.2, -0.15) is 0 Å². The molecule has 0 spiro atoms. The molecule has 6 nitrogen and oxygen atoms in total. The molecule has 0 N–H and O–H groups in total. The lowest BCUT2D eigenvalue weighted by Gasteiger charge is -2.38. The standard InChI is InChI=1S/C28H38N2O4/c1-3-33-27-13-5-4-9-23(27)20-29-15-7-6-10-24-21-30(16-14-26(24)32-2)28(31)22-11-8-12-25(19-22)34-18-17-29/h4-5,8-9,11-13,19,24,26H,3,6-7,10,14-18,20-21H2,1-2H3/t24-,26+/m1/s1. The van der Waals surface area contributed by atoms with Gasteiger partial charge in [0.25, 0.3) is 5.91 Å². The second kappa shape index (κ2) is 12.2. The highest BCUT2D eigenvalue weighted by molar-refractivity contribution is 5.94. The molecule has 2 aromatic rings. The van der Waals surface area contributed by atoms with Crippen LogP contribution in [0.5, 0.6) is 11.5 Å². The van der Waals surface area contributed by atoms with Crippen LogP contribution in [-0.2, 0) is 11.3 Å². The lowest BCUT2D eigenvalue weighted by molar-refractivity contribution is -0.00677. The highest BCUT2D eigenvalue weighted by Gasteiger charge is 2.31. The molecule has 2 aromatic carbocycles. The van der Waals surface area contributed by atoms with E-state index in [1.807, 2.05) is 48.2 Å². The summed E-state index contributed by atoms with van der Waals surface area (Å²) in [6, 6.07) is 15.9. The molecule has 0 unspecified atom stereocenters. The number of carbonyl (C=O) groups is 1. The van der Waals surface area contributed by atoms with E-state index >= 15 is 0 Å². The maximum atomic E-state index is 13.2. The van der Waals surface area contributed by atoms with Crippen LogP contribution in [0, 0.1) is 5.92 Å². The highest BCUT2D eigenvalue weighted by Crippen LogP contribution is 2.27. The number of para-hydroxylation sites is 1. The van der Waals surface area contributed by atoms with Crippen molar-refractivity contribution in [3.8, 4) is 11.5 Å². The van der Waals surface area contributed by atoms with E-state index in [0.717, 1.165) is 69.9 Å². The number of rotatable bonds is 5. The maximum Gasteiger partial charge on any atom is 0.254 e. The van der Waals surface area contributed by atoms with Crippen LogP contribution in [0.1, 0.15) is 48.5 Å². The molecule has 6 heteroatoms. The fourth-order valence-electron chi connectivity index (χ4n) is 5.16. The van der Waals surface area contributed by atoms with Crippen molar-refractivity contribution < 1.29 is 19.0 Å². The molecule has 2 atom stereocenters. The lowest BCUT2D eigenvalue weighted by Crippen LogP contribution is -2.46. The van der Waals surface area contributed by atoms with E-state index in [9.17, 15) is 4.79 Å². The number of carbonyl (C=O) groups excluding carboxylic acids is 1. The van der Waals surface area contributed by atoms with Crippen molar-refractivity contribution in [1.82, 2.24) is 9.80 Å². The summed E-state index contributed by atoms with van der Waals surface area (Å²) in [4.78, 5) is 17.7. The second-order valence-corrected chi connectivity index (χ2v) is 9.26. The average molecular weight is 467 g/mol. The second-order valence-electron chi connectivity index (χ2n) is 9.26. The first kappa shape index (κ1) is 24.6. The van der Waals surface area contributed by atoms with Gasteiger partial charge in [0.2, 0.25) is 0 Å². The van der Waals surface area contributed by atoms with E-state index in [1.54, 1.807) is 7.11 Å². The first-order valence-electron chi connectivity index (χ1n) is 12.7. The maximum absolute atomic E-state index is 13.2. The Balaban J connectivity index is 1.51. The van der Waals surface area contributed by atoms with Crippen molar-refractivity contribution in [3.63, 3.8) is 0 Å². The van der Waals surface area contributed by atoms with Crippen molar-refractivity contribution in [1.29, 1.82) is 0 Å². The van der Waals surface area contributed by atoms with Gasteiger partial charge in [-0.1, -0.05) is 30.7 Å². The molecule has 34 heavy (non-hydrogen) atoms. The van der Waals surface area contributed by atoms with Crippen LogP contribution in [0.4, 0.5) is 0 Å². The quantitative estimate of drug-likeness (QED) is 0.643. The molecule has 1 amide bonds. The van der Waals surface area contributed by atoms with Gasteiger partial charge in [0.05, 0.1) is 12.7 Å². The molecule has 4 bridgehead atoms. The van der Waals surface area contributed by atoms with E-state index in [-0.39, 0.29) is 12.0 Å². The minimum absolute atomic E-state index is 0.0917. The highest BCUT2D eigenvalue weighted by atomic mass is 16.5. The van der Waals surface area contributed by atoms with Gasteiger partial charge in [-0.25, -0.2) is 0 Å². The summed E-state index contributed by atoms with van der Waals surface area (Å²) < 4.78 is 17.8. The number of nitrogens with zero attached hydrogens (tertiary/aromatic N) is 2. The average Bonchev–Trinajstić information content (AvgIpc) is 2.87. The Morgan fingerprint density at radius 1 is 1.03 bits per heavy atom. The fraction of sp³-hybridized carbons (Fsp3) is 0.536. The van der Waals surface area contributed by atoms with Gasteiger partial charge in [0, 0.05) is 50.3 Å². The lowest BCUT2D eigenvalue weighted by atomic mass is 9.89. The van der Waals surface area contributed by atoms with Gasteiger partial charge in [0.1, 0.15) is 18.1 Å². The summed E-state index contributed by atoms with van der Waals surface area (Å²) in [6.45, 7) is 7.40. The number of hydrogen-bond donors (Lipinski definition) is 0. The molecular weight excluding hydrogens is 428 g/mol. The summed E-state index contributed by atoms with van der Waals surface area (Å²) in [5.41, 5.74) is 1.90. The number of methoxy groups -OCH3 is 1. The first-order valence-corrected chi connectivity index (χ1v) is 12.7. The molecule has 0 saturated carbocycles. The topological polar surface area (TPSA) is 51.2 Å². The van der Waals surface area contributed by atoms with Crippen molar-refractivity contribution in [2.75, 3.05) is 46.5 Å². The Morgan fingerprint density at radius 3 is 2.76 bits per heavy atom. The summed E-state index contributed by atoms with van der Waals surface area (Å²) in [7, 11) is 1.80. The Morgan fingerprint density at radius 2 is 1.91 bits per heavy atom. The Kier molecular flexibility index (Phi) is 8.83. The number of benzene rings is 2. The molecule has 2 aliphatic heterocycles. The Bertz CT molecular complexity index is 934. The molecule has 0 radical (unpaired) electrons. The number of piperidine rings is 1. The molecule has 0 aliphatic carbocycles. The molecule has 1 saturated heterocycles. The largest absolute Gasteiger partial charge is 0.494 e. The predicted octanol–water partition coefficient (Wildman–Crippen LogP) is 4.63. The number of amides is 1. The molecule has 0 aromatic heterocycles. The van der Waals surface area contributed by atoms with E-state index < -0.39 is 0 Å². The molecule has 2 aliphatic rings.